The fraction of sp³-hybridized carbons (Fsp3) is 0.600. The number of nitrogens with two attached hydrogens (primary N) is 1. The van der Waals surface area contributed by atoms with E-state index in [-0.39, 0.29) is 30.4 Å². The van der Waals surface area contributed by atoms with Crippen LogP contribution in [0, 0.1) is 17.3 Å². The van der Waals surface area contributed by atoms with Gasteiger partial charge in [-0.2, -0.15) is 0 Å². The van der Waals surface area contributed by atoms with Crippen LogP contribution in [0.2, 0.25) is 0 Å². The first-order valence-corrected chi connectivity index (χ1v) is 11.3. The number of benzene rings is 1. The minimum Gasteiger partial charge on any atom is -0.461 e. The van der Waals surface area contributed by atoms with E-state index in [0.717, 1.165) is 0 Å². The highest BCUT2D eigenvalue weighted by molar-refractivity contribution is 5.79. The van der Waals surface area contributed by atoms with Gasteiger partial charge in [0, 0.05) is 0 Å². The van der Waals surface area contributed by atoms with Gasteiger partial charge in [0.2, 0.25) is 0 Å². The predicted octanol–water partition coefficient (Wildman–Crippen LogP) is 3.20. The van der Waals surface area contributed by atoms with Gasteiger partial charge < -0.3 is 24.7 Å². The van der Waals surface area contributed by atoms with Crippen LogP contribution in [0.15, 0.2) is 18.2 Å². The lowest BCUT2D eigenvalue weighted by Crippen LogP contribution is -2.37. The summed E-state index contributed by atoms with van der Waals surface area (Å²) in [7, 11) is 0. The molecule has 0 spiro atoms. The van der Waals surface area contributed by atoms with Crippen LogP contribution in [0.3, 0.4) is 0 Å². The van der Waals surface area contributed by atoms with Gasteiger partial charge >= 0.3 is 23.9 Å². The Bertz CT molecular complexity index is 885. The molecule has 0 aromatic heterocycles. The lowest BCUT2D eigenvalue weighted by atomic mass is 9.97. The maximum absolute atomic E-state index is 12.4. The van der Waals surface area contributed by atoms with E-state index in [4.69, 9.17) is 24.7 Å². The van der Waals surface area contributed by atoms with Gasteiger partial charge in [0.1, 0.15) is 18.8 Å². The summed E-state index contributed by atoms with van der Waals surface area (Å²) in [5.74, 6) is -2.66. The van der Waals surface area contributed by atoms with Crippen LogP contribution in [0.1, 0.15) is 61.0 Å². The molecule has 1 aromatic rings. The van der Waals surface area contributed by atoms with Gasteiger partial charge in [-0.25, -0.2) is 0 Å². The van der Waals surface area contributed by atoms with Crippen molar-refractivity contribution in [1.82, 2.24) is 0 Å². The molecular weight excluding hydrogens is 442 g/mol. The molecular formula is C25H37NO8. The molecule has 0 aliphatic rings. The molecule has 0 radical (unpaired) electrons. The fourth-order valence-corrected chi connectivity index (χ4v) is 2.36. The van der Waals surface area contributed by atoms with Crippen LogP contribution < -0.4 is 15.2 Å². The molecule has 2 N–H and O–H groups in total. The number of hydrogen-bond acceptors (Lipinski definition) is 9. The molecule has 0 saturated carbocycles. The first kappa shape index (κ1) is 29.1. The first-order valence-electron chi connectivity index (χ1n) is 11.3. The van der Waals surface area contributed by atoms with E-state index >= 15 is 0 Å². The summed E-state index contributed by atoms with van der Waals surface area (Å²) in [6.45, 7) is 13.4. The minimum atomic E-state index is -1.02. The number of carbonyl (C=O) groups is 4. The minimum absolute atomic E-state index is 0.0632. The molecule has 0 fully saturated rings. The van der Waals surface area contributed by atoms with E-state index in [1.165, 1.54) is 12.1 Å². The lowest BCUT2D eigenvalue weighted by Gasteiger charge is -2.20. The van der Waals surface area contributed by atoms with Gasteiger partial charge in [-0.05, 0) is 51.8 Å². The summed E-state index contributed by atoms with van der Waals surface area (Å²) in [6, 6.07) is 3.60. The zero-order valence-corrected chi connectivity index (χ0v) is 21.3. The Morgan fingerprint density at radius 3 is 1.88 bits per heavy atom. The van der Waals surface area contributed by atoms with Crippen molar-refractivity contribution in [2.24, 2.45) is 23.0 Å². The molecule has 0 saturated heterocycles. The Morgan fingerprint density at radius 1 is 0.853 bits per heavy atom. The molecule has 190 valence electrons. The van der Waals surface area contributed by atoms with Crippen LogP contribution in [-0.4, -0.2) is 42.6 Å². The number of carbonyl (C=O) groups excluding carboxylic acids is 4. The SMILES string of the molecule is CC(C)C(=O)Oc1ccc(C[C@H](N)C(=O)O[C@@H](C)COC(=O)C(C)(C)C)cc1OC(=O)C(C)C. The van der Waals surface area contributed by atoms with Gasteiger partial charge in [0.15, 0.2) is 11.5 Å². The lowest BCUT2D eigenvalue weighted by molar-refractivity contribution is -0.163. The van der Waals surface area contributed by atoms with Gasteiger partial charge in [0.05, 0.1) is 17.3 Å². The van der Waals surface area contributed by atoms with Crippen LogP contribution in [0.5, 0.6) is 11.5 Å². The Hall–Kier alpha value is -2.94. The van der Waals surface area contributed by atoms with Crippen LogP contribution in [-0.2, 0) is 35.1 Å². The van der Waals surface area contributed by atoms with E-state index in [2.05, 4.69) is 0 Å². The largest absolute Gasteiger partial charge is 0.461 e. The summed E-state index contributed by atoms with van der Waals surface area (Å²) in [6.07, 6.45) is -0.594. The number of esters is 4. The molecule has 0 bridgehead atoms. The summed E-state index contributed by atoms with van der Waals surface area (Å²) in [5.41, 5.74) is 5.92. The van der Waals surface area contributed by atoms with Crippen molar-refractivity contribution in [3.8, 4) is 11.5 Å². The normalized spacial score (nSPS) is 13.3. The van der Waals surface area contributed by atoms with Crippen molar-refractivity contribution in [3.63, 3.8) is 0 Å². The fourth-order valence-electron chi connectivity index (χ4n) is 2.36. The summed E-state index contributed by atoms with van der Waals surface area (Å²) >= 11 is 0. The average Bonchev–Trinajstić information content (AvgIpc) is 2.72. The number of ether oxygens (including phenoxy) is 4. The van der Waals surface area contributed by atoms with Crippen molar-refractivity contribution in [1.29, 1.82) is 0 Å². The molecule has 0 heterocycles. The maximum Gasteiger partial charge on any atom is 0.323 e. The highest BCUT2D eigenvalue weighted by Crippen LogP contribution is 2.30. The monoisotopic (exact) mass is 479 g/mol. The molecule has 0 aliphatic carbocycles. The van der Waals surface area contributed by atoms with Crippen molar-refractivity contribution in [2.75, 3.05) is 6.61 Å². The number of hydrogen-bond donors (Lipinski definition) is 1. The Balaban J connectivity index is 2.87. The zero-order valence-electron chi connectivity index (χ0n) is 21.3. The third-order valence-electron chi connectivity index (χ3n) is 4.51. The standard InChI is InChI=1S/C25H37NO8/c1-14(2)21(27)33-19-10-9-17(12-20(19)34-22(28)15(3)4)11-18(26)23(29)32-16(5)13-31-24(30)25(6,7)8/h9-10,12,14-16,18H,11,13,26H2,1-8H3/t16-,18-/m0/s1. The molecule has 34 heavy (non-hydrogen) atoms. The predicted molar refractivity (Wildman–Crippen MR) is 125 cm³/mol. The van der Waals surface area contributed by atoms with Crippen molar-refractivity contribution in [2.45, 2.75) is 74.0 Å². The molecule has 1 rings (SSSR count). The second-order valence-electron chi connectivity index (χ2n) is 9.84. The summed E-state index contributed by atoms with van der Waals surface area (Å²) in [4.78, 5) is 48.4. The Morgan fingerprint density at radius 2 is 1.38 bits per heavy atom. The van der Waals surface area contributed by atoms with E-state index in [1.807, 2.05) is 0 Å². The second kappa shape index (κ2) is 12.5. The molecule has 0 aliphatic heterocycles. The van der Waals surface area contributed by atoms with E-state index < -0.39 is 47.4 Å². The van der Waals surface area contributed by atoms with Crippen molar-refractivity contribution in [3.05, 3.63) is 23.8 Å². The molecule has 0 amide bonds. The quantitative estimate of drug-likeness (QED) is 0.397. The Kier molecular flexibility index (Phi) is 10.7. The summed E-state index contributed by atoms with van der Waals surface area (Å²) in [5, 5.41) is 0. The van der Waals surface area contributed by atoms with E-state index in [0.29, 0.717) is 5.56 Å². The molecule has 9 heteroatoms. The summed E-state index contributed by atoms with van der Waals surface area (Å²) < 4.78 is 21.2. The van der Waals surface area contributed by atoms with E-state index in [1.54, 1.807) is 61.5 Å². The maximum atomic E-state index is 12.4. The molecule has 9 nitrogen and oxygen atoms in total. The smallest absolute Gasteiger partial charge is 0.323 e. The van der Waals surface area contributed by atoms with E-state index in [9.17, 15) is 19.2 Å². The van der Waals surface area contributed by atoms with Crippen LogP contribution >= 0.6 is 0 Å². The number of rotatable bonds is 10. The third-order valence-corrected chi connectivity index (χ3v) is 4.51. The van der Waals surface area contributed by atoms with Gasteiger partial charge in [0.25, 0.3) is 0 Å². The Labute approximate surface area is 201 Å². The van der Waals surface area contributed by atoms with Gasteiger partial charge in [-0.1, -0.05) is 33.8 Å². The van der Waals surface area contributed by atoms with Gasteiger partial charge in [-0.3, -0.25) is 19.2 Å². The van der Waals surface area contributed by atoms with Crippen LogP contribution in [0.4, 0.5) is 0 Å². The van der Waals surface area contributed by atoms with Crippen LogP contribution in [0.25, 0.3) is 0 Å². The third kappa shape index (κ3) is 9.51. The first-order chi connectivity index (χ1) is 15.6. The highest BCUT2D eigenvalue weighted by atomic mass is 16.6. The highest BCUT2D eigenvalue weighted by Gasteiger charge is 2.25. The topological polar surface area (TPSA) is 131 Å². The zero-order chi connectivity index (χ0) is 26.2. The average molecular weight is 480 g/mol. The van der Waals surface area contributed by atoms with Crippen molar-refractivity contribution >= 4 is 23.9 Å². The molecule has 0 unspecified atom stereocenters. The van der Waals surface area contributed by atoms with Gasteiger partial charge in [-0.15, -0.1) is 0 Å². The second-order valence-corrected chi connectivity index (χ2v) is 9.84. The molecule has 2 atom stereocenters. The van der Waals surface area contributed by atoms with Crippen molar-refractivity contribution < 1.29 is 38.1 Å². The molecule has 1 aromatic carbocycles.